The standard InChI is InChI=1S/C25H32N4O6S/c1-28(15-20(31)23(33)24(34)21(32)16-30)25(35)22-9-8-19(36-22)14-29(12-17-6-2-4-10-26-17)13-18-7-3-5-11-27-18/h2-11,20-21,23-24,30-34H,12-16H2,1H3/t20-,21+,23+,24+/m0/s1. The maximum atomic E-state index is 12.9. The first-order chi connectivity index (χ1) is 17.3. The van der Waals surface area contributed by atoms with Crippen molar-refractivity contribution in [1.29, 1.82) is 0 Å². The number of thiophene rings is 1. The fourth-order valence-corrected chi connectivity index (χ4v) is 4.68. The van der Waals surface area contributed by atoms with Crippen LogP contribution < -0.4 is 0 Å². The lowest BCUT2D eigenvalue weighted by Crippen LogP contribution is -2.49. The van der Waals surface area contributed by atoms with Crippen LogP contribution in [-0.4, -0.2) is 95.8 Å². The van der Waals surface area contributed by atoms with Crippen molar-refractivity contribution in [1.82, 2.24) is 19.8 Å². The zero-order valence-electron chi connectivity index (χ0n) is 20.0. The molecule has 3 heterocycles. The summed E-state index contributed by atoms with van der Waals surface area (Å²) < 4.78 is 0. The van der Waals surface area contributed by atoms with Crippen LogP contribution >= 0.6 is 11.3 Å². The van der Waals surface area contributed by atoms with Gasteiger partial charge in [0.1, 0.15) is 24.4 Å². The van der Waals surface area contributed by atoms with E-state index in [0.717, 1.165) is 16.3 Å². The SMILES string of the molecule is CN(C[C@H](O)[C@@H](O)[C@H](O)[C@H](O)CO)C(=O)c1ccc(CN(Cc2ccccn2)Cc2ccccn2)s1. The summed E-state index contributed by atoms with van der Waals surface area (Å²) in [7, 11) is 1.47. The molecule has 3 aromatic heterocycles. The number of carbonyl (C=O) groups excluding carboxylic acids is 1. The van der Waals surface area contributed by atoms with Crippen molar-refractivity contribution in [2.45, 2.75) is 44.1 Å². The number of aliphatic hydroxyl groups is 5. The molecule has 4 atom stereocenters. The van der Waals surface area contributed by atoms with Gasteiger partial charge in [0, 0.05) is 50.5 Å². The lowest BCUT2D eigenvalue weighted by molar-refractivity contribution is -0.117. The molecule has 0 spiro atoms. The van der Waals surface area contributed by atoms with Crippen molar-refractivity contribution in [3.05, 3.63) is 82.1 Å². The van der Waals surface area contributed by atoms with Gasteiger partial charge >= 0.3 is 0 Å². The monoisotopic (exact) mass is 516 g/mol. The molecule has 194 valence electrons. The highest BCUT2D eigenvalue weighted by Crippen LogP contribution is 2.22. The Morgan fingerprint density at radius 2 is 1.44 bits per heavy atom. The smallest absolute Gasteiger partial charge is 0.263 e. The third kappa shape index (κ3) is 7.87. The molecule has 0 aromatic carbocycles. The Kier molecular flexibility index (Phi) is 10.4. The number of pyridine rings is 2. The number of carbonyl (C=O) groups is 1. The van der Waals surface area contributed by atoms with Crippen LogP contribution in [-0.2, 0) is 19.6 Å². The number of hydrogen-bond acceptors (Lipinski definition) is 10. The highest BCUT2D eigenvalue weighted by atomic mass is 32.1. The molecule has 0 saturated carbocycles. The minimum absolute atomic E-state index is 0.270. The second-order valence-electron chi connectivity index (χ2n) is 8.54. The highest BCUT2D eigenvalue weighted by Gasteiger charge is 2.31. The van der Waals surface area contributed by atoms with Crippen molar-refractivity contribution in [2.75, 3.05) is 20.2 Å². The number of amides is 1. The van der Waals surface area contributed by atoms with Gasteiger partial charge in [-0.3, -0.25) is 19.7 Å². The molecule has 1 amide bonds. The second kappa shape index (κ2) is 13.5. The fourth-order valence-electron chi connectivity index (χ4n) is 3.63. The van der Waals surface area contributed by atoms with Gasteiger partial charge in [0.2, 0.25) is 0 Å². The minimum Gasteiger partial charge on any atom is -0.394 e. The van der Waals surface area contributed by atoms with E-state index in [0.29, 0.717) is 24.5 Å². The molecule has 0 unspecified atom stereocenters. The largest absolute Gasteiger partial charge is 0.394 e. The molecule has 11 heteroatoms. The zero-order chi connectivity index (χ0) is 26.1. The number of aromatic nitrogens is 2. The highest BCUT2D eigenvalue weighted by molar-refractivity contribution is 7.14. The van der Waals surface area contributed by atoms with E-state index in [4.69, 9.17) is 5.11 Å². The van der Waals surface area contributed by atoms with Crippen LogP contribution in [0.5, 0.6) is 0 Å². The molecular weight excluding hydrogens is 484 g/mol. The van der Waals surface area contributed by atoms with E-state index in [1.54, 1.807) is 18.5 Å². The molecule has 10 nitrogen and oxygen atoms in total. The molecule has 0 bridgehead atoms. The summed E-state index contributed by atoms with van der Waals surface area (Å²) in [4.78, 5) is 26.6. The Labute approximate surface area is 213 Å². The second-order valence-corrected chi connectivity index (χ2v) is 9.71. The molecular formula is C25H32N4O6S. The summed E-state index contributed by atoms with van der Waals surface area (Å²) in [6.07, 6.45) is -3.08. The van der Waals surface area contributed by atoms with Gasteiger partial charge in [-0.15, -0.1) is 11.3 Å². The van der Waals surface area contributed by atoms with Gasteiger partial charge in [-0.05, 0) is 36.4 Å². The van der Waals surface area contributed by atoms with Gasteiger partial charge in [0.05, 0.1) is 22.9 Å². The summed E-state index contributed by atoms with van der Waals surface area (Å²) >= 11 is 1.33. The molecule has 5 N–H and O–H groups in total. The van der Waals surface area contributed by atoms with E-state index in [9.17, 15) is 25.2 Å². The third-order valence-electron chi connectivity index (χ3n) is 5.61. The number of likely N-dealkylation sites (N-methyl/N-ethyl adjacent to an activating group) is 1. The van der Waals surface area contributed by atoms with Crippen molar-refractivity contribution in [3.8, 4) is 0 Å². The molecule has 3 rings (SSSR count). The van der Waals surface area contributed by atoms with Gasteiger partial charge in [-0.1, -0.05) is 12.1 Å². The van der Waals surface area contributed by atoms with Crippen LogP contribution in [0.3, 0.4) is 0 Å². The van der Waals surface area contributed by atoms with Gasteiger partial charge in [-0.2, -0.15) is 0 Å². The van der Waals surface area contributed by atoms with Crippen molar-refractivity contribution in [3.63, 3.8) is 0 Å². The van der Waals surface area contributed by atoms with E-state index in [1.807, 2.05) is 42.5 Å². The van der Waals surface area contributed by atoms with Crippen LogP contribution in [0.2, 0.25) is 0 Å². The van der Waals surface area contributed by atoms with E-state index >= 15 is 0 Å². The Bertz CT molecular complexity index is 1030. The first kappa shape index (κ1) is 27.8. The van der Waals surface area contributed by atoms with E-state index in [1.165, 1.54) is 23.3 Å². The predicted molar refractivity (Wildman–Crippen MR) is 134 cm³/mol. The molecule has 3 aromatic rings. The van der Waals surface area contributed by atoms with Crippen LogP contribution in [0.15, 0.2) is 60.9 Å². The van der Waals surface area contributed by atoms with Crippen molar-refractivity contribution < 1.29 is 30.3 Å². The van der Waals surface area contributed by atoms with Crippen LogP contribution in [0, 0.1) is 0 Å². The fraction of sp³-hybridized carbons (Fsp3) is 0.400. The number of rotatable bonds is 13. The van der Waals surface area contributed by atoms with Crippen LogP contribution in [0.4, 0.5) is 0 Å². The van der Waals surface area contributed by atoms with Crippen LogP contribution in [0.1, 0.15) is 25.9 Å². The molecule has 36 heavy (non-hydrogen) atoms. The third-order valence-corrected chi connectivity index (χ3v) is 6.67. The minimum atomic E-state index is -1.74. The van der Waals surface area contributed by atoms with Gasteiger partial charge in [0.15, 0.2) is 0 Å². The Morgan fingerprint density at radius 3 is 1.97 bits per heavy atom. The van der Waals surface area contributed by atoms with E-state index in [2.05, 4.69) is 14.9 Å². The van der Waals surface area contributed by atoms with Gasteiger partial charge < -0.3 is 30.4 Å². The molecule has 0 aliphatic carbocycles. The normalized spacial score (nSPS) is 14.9. The van der Waals surface area contributed by atoms with E-state index < -0.39 is 31.0 Å². The summed E-state index contributed by atoms with van der Waals surface area (Å²) in [6.45, 7) is 0.736. The summed E-state index contributed by atoms with van der Waals surface area (Å²) in [6, 6.07) is 15.1. The molecule has 0 fully saturated rings. The quantitative estimate of drug-likeness (QED) is 0.215. The van der Waals surface area contributed by atoms with Gasteiger partial charge in [-0.25, -0.2) is 0 Å². The zero-order valence-corrected chi connectivity index (χ0v) is 20.8. The Balaban J connectivity index is 1.64. The first-order valence-corrected chi connectivity index (χ1v) is 12.3. The average Bonchev–Trinajstić information content (AvgIpc) is 3.36. The Morgan fingerprint density at radius 1 is 0.861 bits per heavy atom. The summed E-state index contributed by atoms with van der Waals surface area (Å²) in [5.41, 5.74) is 1.84. The maximum absolute atomic E-state index is 12.9. The average molecular weight is 517 g/mol. The topological polar surface area (TPSA) is 150 Å². The van der Waals surface area contributed by atoms with Crippen molar-refractivity contribution >= 4 is 17.2 Å². The molecule has 0 aliphatic rings. The van der Waals surface area contributed by atoms with Gasteiger partial charge in [0.25, 0.3) is 5.91 Å². The summed E-state index contributed by atoms with van der Waals surface area (Å²) in [5.74, 6) is -0.351. The van der Waals surface area contributed by atoms with Crippen molar-refractivity contribution in [2.24, 2.45) is 0 Å². The predicted octanol–water partition coefficient (Wildman–Crippen LogP) is 0.248. The summed E-state index contributed by atoms with van der Waals surface area (Å²) in [5, 5.41) is 48.4. The number of aliphatic hydroxyl groups excluding tert-OH is 5. The lowest BCUT2D eigenvalue weighted by Gasteiger charge is -2.28. The van der Waals surface area contributed by atoms with Crippen LogP contribution in [0.25, 0.3) is 0 Å². The van der Waals surface area contributed by atoms with E-state index in [-0.39, 0.29) is 12.5 Å². The Hall–Kier alpha value is -2.77. The first-order valence-electron chi connectivity index (χ1n) is 11.5. The molecule has 0 radical (unpaired) electrons. The lowest BCUT2D eigenvalue weighted by atomic mass is 10.0. The number of nitrogens with zero attached hydrogens (tertiary/aromatic N) is 4. The molecule has 0 aliphatic heterocycles. The molecule has 0 saturated heterocycles. The maximum Gasteiger partial charge on any atom is 0.263 e. The number of hydrogen-bond donors (Lipinski definition) is 5.